The van der Waals surface area contributed by atoms with Crippen molar-refractivity contribution in [3.05, 3.63) is 156 Å². The van der Waals surface area contributed by atoms with Gasteiger partial charge in [-0.3, -0.25) is 42.7 Å². The third kappa shape index (κ3) is 22.8. The summed E-state index contributed by atoms with van der Waals surface area (Å²) < 4.78 is 53.0. The Labute approximate surface area is 463 Å². The predicted octanol–water partition coefficient (Wildman–Crippen LogP) is 8.15. The average Bonchev–Trinajstić information content (AvgIpc) is 4.32. The fourth-order valence-electron chi connectivity index (χ4n) is 6.57. The number of fused-ring (bicyclic) bond motifs is 2. The largest absolute Gasteiger partial charge is 0.481 e. The molecular weight excluding hydrogens is 1070 g/mol. The maximum absolute atomic E-state index is 12.1. The van der Waals surface area contributed by atoms with Gasteiger partial charge in [0, 0.05) is 24.3 Å². The van der Waals surface area contributed by atoms with Gasteiger partial charge in [-0.05, 0) is 30.5 Å². The molecule has 3 aromatic carbocycles. The van der Waals surface area contributed by atoms with Crippen molar-refractivity contribution in [3.8, 4) is 0 Å². The Bertz CT molecular complexity index is 3070. The van der Waals surface area contributed by atoms with Gasteiger partial charge < -0.3 is 57.6 Å². The number of nitrogens with zero attached hydrogens (tertiary/aromatic N) is 2. The molecule has 0 radical (unpaired) electrons. The molecule has 426 valence electrons. The number of hydrogen-bond donors (Lipinski definition) is 2. The number of carboxylic acid groups (broad SMARTS) is 1. The molecule has 4 aromatic heterocycles. The number of carbonyl (C=O) groups excluding carboxylic acids is 8. The summed E-state index contributed by atoms with van der Waals surface area (Å²) in [5, 5.41) is 8.34. The second kappa shape index (κ2) is 35.2. The quantitative estimate of drug-likeness (QED) is 0.0310. The van der Waals surface area contributed by atoms with Crippen molar-refractivity contribution in [3.63, 3.8) is 0 Å². The van der Waals surface area contributed by atoms with Crippen LogP contribution in [0.3, 0.4) is 0 Å². The van der Waals surface area contributed by atoms with E-state index in [0.29, 0.717) is 22.2 Å². The molecule has 7 aromatic rings. The number of aromatic nitrogens is 2. The zero-order chi connectivity index (χ0) is 58.1. The minimum absolute atomic E-state index is 0.00254. The summed E-state index contributed by atoms with van der Waals surface area (Å²) in [5.74, 6) is -5.08. The lowest BCUT2D eigenvalue weighted by atomic mass is 10.2. The smallest absolute Gasteiger partial charge is 0.355 e. The van der Waals surface area contributed by atoms with E-state index < -0.39 is 53.7 Å². The molecule has 0 fully saturated rings. The lowest BCUT2D eigenvalue weighted by Gasteiger charge is -2.10. The first-order valence-electron chi connectivity index (χ1n) is 24.7. The molecule has 0 bridgehead atoms. The zero-order valence-corrected chi connectivity index (χ0v) is 44.5. The summed E-state index contributed by atoms with van der Waals surface area (Å²) in [6, 6.07) is 34.0. The van der Waals surface area contributed by atoms with Gasteiger partial charge in [-0.25, -0.2) is 9.59 Å². The van der Waals surface area contributed by atoms with Gasteiger partial charge in [0.25, 0.3) is 0 Å². The SMILES string of the molecule is CCOC(=O)c1cc2occc2n1COC(=O)CCC(=O)OCc1ccccc1.CCOC(=O)c1cc2occc2n1COC(=O)CN.O=C(CCC(=O)OCc1ccccc1)OCCl.O=C(O)CCC(=O)OCc1ccccc1. The number of rotatable bonds is 25. The Morgan fingerprint density at radius 2 is 0.800 bits per heavy atom. The number of carboxylic acids is 1. The number of nitrogens with two attached hydrogens (primary N) is 1. The molecule has 0 atom stereocenters. The molecule has 0 saturated carbocycles. The van der Waals surface area contributed by atoms with Gasteiger partial charge in [-0.1, -0.05) is 103 Å². The molecule has 0 amide bonds. The van der Waals surface area contributed by atoms with Crippen molar-refractivity contribution in [1.29, 1.82) is 0 Å². The van der Waals surface area contributed by atoms with Crippen LogP contribution in [0.1, 0.15) is 90.0 Å². The minimum Gasteiger partial charge on any atom is -0.481 e. The number of furan rings is 2. The molecule has 80 heavy (non-hydrogen) atoms. The monoisotopic (exact) mass is 1130 g/mol. The summed E-state index contributed by atoms with van der Waals surface area (Å²) in [5.41, 5.74) is 10.5. The normalized spacial score (nSPS) is 10.2. The van der Waals surface area contributed by atoms with Crippen molar-refractivity contribution in [1.82, 2.24) is 9.13 Å². The van der Waals surface area contributed by atoms with Crippen LogP contribution in [0.4, 0.5) is 0 Å². The van der Waals surface area contributed by atoms with Crippen LogP contribution in [-0.2, 0) is 105 Å². The first-order chi connectivity index (χ1) is 38.6. The van der Waals surface area contributed by atoms with Gasteiger partial charge in [-0.15, -0.1) is 0 Å². The Hall–Kier alpha value is -9.22. The van der Waals surface area contributed by atoms with E-state index in [1.165, 1.54) is 27.7 Å². The lowest BCUT2D eigenvalue weighted by Crippen LogP contribution is -2.20. The van der Waals surface area contributed by atoms with Gasteiger partial charge >= 0.3 is 53.7 Å². The molecule has 0 saturated heterocycles. The molecule has 7 rings (SSSR count). The number of esters is 8. The molecule has 3 N–H and O–H groups in total. The summed E-state index contributed by atoms with van der Waals surface area (Å²) >= 11 is 5.19. The molecule has 0 aliphatic heterocycles. The van der Waals surface area contributed by atoms with Crippen LogP contribution in [0.5, 0.6) is 0 Å². The number of benzene rings is 3. The second-order valence-corrected chi connectivity index (χ2v) is 16.4. The molecular formula is C56H60ClN3O20. The van der Waals surface area contributed by atoms with Crippen LogP contribution in [0.15, 0.2) is 137 Å². The first-order valence-corrected chi connectivity index (χ1v) is 25.2. The van der Waals surface area contributed by atoms with Crippen molar-refractivity contribution in [2.45, 2.75) is 85.7 Å². The van der Waals surface area contributed by atoms with Crippen LogP contribution in [0.2, 0.25) is 0 Å². The molecule has 4 heterocycles. The van der Waals surface area contributed by atoms with Crippen LogP contribution < -0.4 is 5.73 Å². The molecule has 24 heteroatoms. The Morgan fingerprint density at radius 1 is 0.463 bits per heavy atom. The van der Waals surface area contributed by atoms with Gasteiger partial charge in [0.2, 0.25) is 0 Å². The lowest BCUT2D eigenvalue weighted by molar-refractivity contribution is -0.153. The number of ether oxygens (including phenoxy) is 8. The van der Waals surface area contributed by atoms with E-state index in [4.69, 9.17) is 64.4 Å². The van der Waals surface area contributed by atoms with Gasteiger partial charge in [0.15, 0.2) is 30.7 Å². The van der Waals surface area contributed by atoms with E-state index in [-0.39, 0.29) is 109 Å². The molecule has 0 aliphatic carbocycles. The predicted molar refractivity (Wildman–Crippen MR) is 282 cm³/mol. The third-order valence-corrected chi connectivity index (χ3v) is 10.6. The highest BCUT2D eigenvalue weighted by molar-refractivity contribution is 6.17. The van der Waals surface area contributed by atoms with Crippen molar-refractivity contribution in [2.24, 2.45) is 5.73 Å². The summed E-state index contributed by atoms with van der Waals surface area (Å²) in [6.45, 7) is 3.91. The van der Waals surface area contributed by atoms with E-state index in [9.17, 15) is 43.2 Å². The maximum atomic E-state index is 12.1. The summed E-state index contributed by atoms with van der Waals surface area (Å²) in [6.07, 6.45) is 2.46. The number of alkyl halides is 1. The van der Waals surface area contributed by atoms with E-state index >= 15 is 0 Å². The summed E-state index contributed by atoms with van der Waals surface area (Å²) in [7, 11) is 0. The highest BCUT2D eigenvalue weighted by Crippen LogP contribution is 2.23. The summed E-state index contributed by atoms with van der Waals surface area (Å²) in [4.78, 5) is 102. The fraction of sp³-hybridized carbons (Fsp3) is 0.304. The van der Waals surface area contributed by atoms with Crippen LogP contribution in [-0.4, -0.2) is 93.8 Å². The Kier molecular flexibility index (Phi) is 27.9. The highest BCUT2D eigenvalue weighted by atomic mass is 35.5. The van der Waals surface area contributed by atoms with Crippen molar-refractivity contribution >= 4 is 87.5 Å². The Balaban J connectivity index is 0.000000238. The van der Waals surface area contributed by atoms with Crippen molar-refractivity contribution < 1.29 is 95.0 Å². The second-order valence-electron chi connectivity index (χ2n) is 16.1. The molecule has 0 aliphatic rings. The molecule has 0 unspecified atom stereocenters. The fourth-order valence-corrected chi connectivity index (χ4v) is 6.69. The number of aliphatic carboxylic acids is 1. The topological polar surface area (TPSA) is 310 Å². The van der Waals surface area contributed by atoms with Crippen molar-refractivity contribution in [2.75, 3.05) is 25.8 Å². The van der Waals surface area contributed by atoms with E-state index in [1.54, 1.807) is 32.0 Å². The van der Waals surface area contributed by atoms with Gasteiger partial charge in [0.05, 0.1) is 81.8 Å². The average molecular weight is 1130 g/mol. The maximum Gasteiger partial charge on any atom is 0.355 e. The number of hydrogen-bond acceptors (Lipinski definition) is 20. The van der Waals surface area contributed by atoms with E-state index in [2.05, 4.69) is 4.74 Å². The van der Waals surface area contributed by atoms with E-state index in [0.717, 1.165) is 16.7 Å². The molecule has 23 nitrogen and oxygen atoms in total. The Morgan fingerprint density at radius 3 is 1.14 bits per heavy atom. The van der Waals surface area contributed by atoms with E-state index in [1.807, 2.05) is 91.0 Å². The standard InChI is InChI=1S/C21H21NO7.C12H13ClO4.C12H14N2O5.C11H12O4/c1-2-26-21(25)17-12-18-16(10-11-27-18)22(17)14-29-20(24)9-8-19(23)28-13-15-6-4-3-5-7-15;13-9-17-12(15)7-6-11(14)16-8-10-4-2-1-3-5-10;1-2-17-12(16)9-5-10-8(3-4-18-10)14(9)7-19-11(15)6-13;12-10(13)6-7-11(14)15-8-9-4-2-1-3-5-9/h3-7,10-12H,2,8-9,13-14H2,1H3;1-5H,6-9H2;3-5H,2,6-7,13H2,1H3;1-5H,6-8H2,(H,12,13). The van der Waals surface area contributed by atoms with Crippen LogP contribution >= 0.6 is 11.6 Å². The van der Waals surface area contributed by atoms with Gasteiger partial charge in [-0.2, -0.15) is 0 Å². The number of halogens is 1. The molecule has 0 spiro atoms. The van der Waals surface area contributed by atoms with Crippen LogP contribution in [0.25, 0.3) is 22.2 Å². The van der Waals surface area contributed by atoms with Crippen LogP contribution in [0, 0.1) is 0 Å². The van der Waals surface area contributed by atoms with Gasteiger partial charge in [0.1, 0.15) is 31.2 Å². The highest BCUT2D eigenvalue weighted by Gasteiger charge is 2.21. The first kappa shape index (κ1) is 63.3. The zero-order valence-electron chi connectivity index (χ0n) is 43.8. The minimum atomic E-state index is -0.994. The third-order valence-electron chi connectivity index (χ3n) is 10.4. The number of carbonyl (C=O) groups is 9.